The van der Waals surface area contributed by atoms with Gasteiger partial charge in [-0.15, -0.1) is 0 Å². The molecule has 2 aromatic rings. The number of carbonyl (C=O) groups excluding carboxylic acids is 1. The molecule has 0 aliphatic carbocycles. The molecule has 0 saturated carbocycles. The molecule has 0 atom stereocenters. The van der Waals surface area contributed by atoms with Gasteiger partial charge in [0.15, 0.2) is 0 Å². The fraction of sp³-hybridized carbons (Fsp3) is 0.222. The molecule has 7 nitrogen and oxygen atoms in total. The van der Waals surface area contributed by atoms with Gasteiger partial charge in [0, 0.05) is 24.7 Å². The van der Waals surface area contributed by atoms with Gasteiger partial charge in [-0.05, 0) is 18.2 Å². The van der Waals surface area contributed by atoms with Crippen LogP contribution in [0.5, 0.6) is 5.75 Å². The number of hydrogen-bond acceptors (Lipinski definition) is 5. The van der Waals surface area contributed by atoms with Crippen LogP contribution in [0, 0.1) is 0 Å². The first-order valence-corrected chi connectivity index (χ1v) is 9.43. The van der Waals surface area contributed by atoms with E-state index in [9.17, 15) is 13.2 Å². The molecular formula is C18H19N3O4S. The van der Waals surface area contributed by atoms with E-state index < -0.39 is 10.0 Å². The molecular weight excluding hydrogens is 354 g/mol. The van der Waals surface area contributed by atoms with Crippen molar-refractivity contribution in [3.05, 3.63) is 59.7 Å². The molecule has 26 heavy (non-hydrogen) atoms. The van der Waals surface area contributed by atoms with Crippen molar-refractivity contribution >= 4 is 21.8 Å². The Balaban J connectivity index is 1.72. The van der Waals surface area contributed by atoms with Crippen LogP contribution in [-0.4, -0.2) is 45.8 Å². The van der Waals surface area contributed by atoms with Gasteiger partial charge < -0.3 is 9.64 Å². The highest BCUT2D eigenvalue weighted by molar-refractivity contribution is 7.90. The number of amidine groups is 1. The Morgan fingerprint density at radius 3 is 2.62 bits per heavy atom. The number of amides is 1. The summed E-state index contributed by atoms with van der Waals surface area (Å²) in [6, 6.07) is 14.0. The lowest BCUT2D eigenvalue weighted by atomic mass is 10.2. The van der Waals surface area contributed by atoms with Crippen molar-refractivity contribution in [2.45, 2.75) is 11.4 Å². The zero-order chi connectivity index (χ0) is 18.7. The number of ether oxygens (including phenoxy) is 1. The number of carbonyl (C=O) groups is 1. The van der Waals surface area contributed by atoms with E-state index in [4.69, 9.17) is 4.74 Å². The Morgan fingerprint density at radius 1 is 1.15 bits per heavy atom. The normalized spacial score (nSPS) is 16.0. The van der Waals surface area contributed by atoms with Crippen molar-refractivity contribution in [2.75, 3.05) is 20.7 Å². The number of para-hydroxylation sites is 1. The molecule has 1 aliphatic rings. The summed E-state index contributed by atoms with van der Waals surface area (Å²) in [5, 5.41) is 0. The largest absolute Gasteiger partial charge is 0.496 e. The number of methoxy groups -OCH3 is 1. The number of fused-ring (bicyclic) bond motifs is 1. The summed E-state index contributed by atoms with van der Waals surface area (Å²) in [5.41, 5.74) is 1.36. The molecule has 8 heteroatoms. The molecule has 2 aromatic carbocycles. The van der Waals surface area contributed by atoms with Gasteiger partial charge in [0.05, 0.1) is 12.0 Å². The Morgan fingerprint density at radius 2 is 1.85 bits per heavy atom. The minimum absolute atomic E-state index is 0.155. The van der Waals surface area contributed by atoms with Crippen LogP contribution in [-0.2, 0) is 21.4 Å². The highest BCUT2D eigenvalue weighted by Crippen LogP contribution is 2.22. The zero-order valence-corrected chi connectivity index (χ0v) is 15.3. The number of aliphatic imine (C=N–C) groups is 1. The lowest BCUT2D eigenvalue weighted by Gasteiger charge is -2.18. The van der Waals surface area contributed by atoms with Crippen molar-refractivity contribution in [1.82, 2.24) is 9.62 Å². The summed E-state index contributed by atoms with van der Waals surface area (Å²) in [6.45, 7) is 0.216. The number of rotatable bonds is 5. The Bertz CT molecular complexity index is 970. The van der Waals surface area contributed by atoms with Gasteiger partial charge in [-0.1, -0.05) is 30.3 Å². The lowest BCUT2D eigenvalue weighted by Crippen LogP contribution is -2.30. The molecule has 0 bridgehead atoms. The van der Waals surface area contributed by atoms with Crippen LogP contribution in [0.2, 0.25) is 0 Å². The van der Waals surface area contributed by atoms with Gasteiger partial charge in [0.25, 0.3) is 10.0 Å². The summed E-state index contributed by atoms with van der Waals surface area (Å²) in [4.78, 5) is 18.2. The van der Waals surface area contributed by atoms with Crippen molar-refractivity contribution in [1.29, 1.82) is 0 Å². The average Bonchev–Trinajstić information content (AvgIpc) is 2.91. The van der Waals surface area contributed by atoms with E-state index in [1.54, 1.807) is 32.4 Å². The van der Waals surface area contributed by atoms with Crippen LogP contribution in [0.1, 0.15) is 11.1 Å². The predicted octanol–water partition coefficient (Wildman–Crippen LogP) is 1.39. The monoisotopic (exact) mass is 373 g/mol. The molecule has 0 radical (unpaired) electrons. The van der Waals surface area contributed by atoms with Crippen LogP contribution in [0.15, 0.2) is 58.4 Å². The van der Waals surface area contributed by atoms with Gasteiger partial charge in [0.2, 0.25) is 5.91 Å². The summed E-state index contributed by atoms with van der Waals surface area (Å²) >= 11 is 0. The number of hydrogen-bond donors (Lipinski definition) is 1. The summed E-state index contributed by atoms with van der Waals surface area (Å²) in [6.07, 6.45) is 0. The van der Waals surface area contributed by atoms with Crippen LogP contribution in [0.3, 0.4) is 0 Å². The fourth-order valence-corrected chi connectivity index (χ4v) is 3.95. The van der Waals surface area contributed by atoms with E-state index in [0.29, 0.717) is 17.9 Å². The number of nitrogens with zero attached hydrogens (tertiary/aromatic N) is 2. The number of sulfonamides is 1. The topological polar surface area (TPSA) is 88.1 Å². The summed E-state index contributed by atoms with van der Waals surface area (Å²) in [7, 11) is -0.355. The van der Waals surface area contributed by atoms with Crippen molar-refractivity contribution in [3.8, 4) is 5.75 Å². The molecule has 0 spiro atoms. The first-order chi connectivity index (χ1) is 12.4. The molecule has 1 heterocycles. The third-order valence-electron chi connectivity index (χ3n) is 4.06. The van der Waals surface area contributed by atoms with Gasteiger partial charge >= 0.3 is 0 Å². The van der Waals surface area contributed by atoms with Crippen molar-refractivity contribution in [3.63, 3.8) is 0 Å². The highest BCUT2D eigenvalue weighted by Gasteiger charge is 2.30. The summed E-state index contributed by atoms with van der Waals surface area (Å²) in [5.74, 6) is 0.669. The van der Waals surface area contributed by atoms with Crippen LogP contribution >= 0.6 is 0 Å². The van der Waals surface area contributed by atoms with E-state index >= 15 is 0 Å². The molecule has 0 aromatic heterocycles. The van der Waals surface area contributed by atoms with Gasteiger partial charge in [-0.25, -0.2) is 8.42 Å². The smallest absolute Gasteiger partial charge is 0.263 e. The maximum absolute atomic E-state index is 12.4. The van der Waals surface area contributed by atoms with Crippen LogP contribution < -0.4 is 9.46 Å². The van der Waals surface area contributed by atoms with E-state index in [-0.39, 0.29) is 23.2 Å². The SMILES string of the molecule is COc1ccccc1CN(C)C(=O)CN=C1NS(=O)(=O)c2ccccc21. The van der Waals surface area contributed by atoms with E-state index in [2.05, 4.69) is 9.71 Å². The molecule has 1 N–H and O–H groups in total. The highest BCUT2D eigenvalue weighted by atomic mass is 32.2. The minimum Gasteiger partial charge on any atom is -0.496 e. The van der Waals surface area contributed by atoms with E-state index in [0.717, 1.165) is 5.56 Å². The van der Waals surface area contributed by atoms with Gasteiger partial charge in [-0.3, -0.25) is 14.5 Å². The van der Waals surface area contributed by atoms with E-state index in [1.165, 1.54) is 11.0 Å². The Hall–Kier alpha value is -2.87. The molecule has 1 amide bonds. The quantitative estimate of drug-likeness (QED) is 0.858. The number of likely N-dealkylation sites (N-methyl/N-ethyl adjacent to an activating group) is 1. The van der Waals surface area contributed by atoms with E-state index in [1.807, 2.05) is 24.3 Å². The maximum Gasteiger partial charge on any atom is 0.263 e. The third-order valence-corrected chi connectivity index (χ3v) is 5.46. The van der Waals surface area contributed by atoms with Crippen molar-refractivity contribution < 1.29 is 17.9 Å². The Labute approximate surface area is 152 Å². The first kappa shape index (κ1) is 17.9. The molecule has 1 aliphatic heterocycles. The molecule has 0 saturated heterocycles. The van der Waals surface area contributed by atoms with Crippen LogP contribution in [0.4, 0.5) is 0 Å². The predicted molar refractivity (Wildman–Crippen MR) is 97.6 cm³/mol. The molecule has 0 fully saturated rings. The zero-order valence-electron chi connectivity index (χ0n) is 14.5. The second-order valence-corrected chi connectivity index (χ2v) is 7.48. The molecule has 136 valence electrons. The molecule has 3 rings (SSSR count). The van der Waals surface area contributed by atoms with Crippen molar-refractivity contribution in [2.24, 2.45) is 4.99 Å². The van der Waals surface area contributed by atoms with Crippen LogP contribution in [0.25, 0.3) is 0 Å². The maximum atomic E-state index is 12.4. The van der Waals surface area contributed by atoms with Gasteiger partial charge in [0.1, 0.15) is 18.1 Å². The standard InChI is InChI=1S/C18H19N3O4S/c1-21(12-13-7-3-5-9-15(13)25-2)17(22)11-19-18-14-8-4-6-10-16(14)26(23,24)20-18/h3-10H,11-12H2,1-2H3,(H,19,20). The van der Waals surface area contributed by atoms with Gasteiger partial charge in [-0.2, -0.15) is 0 Å². The fourth-order valence-electron chi connectivity index (χ4n) is 2.70. The second-order valence-electron chi connectivity index (χ2n) is 5.83. The lowest BCUT2D eigenvalue weighted by molar-refractivity contribution is -0.128. The Kier molecular flexibility index (Phi) is 4.94. The number of nitrogens with one attached hydrogen (secondary N) is 1. The average molecular weight is 373 g/mol. The second kappa shape index (κ2) is 7.17. The third kappa shape index (κ3) is 3.55. The first-order valence-electron chi connectivity index (χ1n) is 7.95. The summed E-state index contributed by atoms with van der Waals surface area (Å²) < 4.78 is 31.8. The number of benzene rings is 2. The molecule has 0 unspecified atom stereocenters. The minimum atomic E-state index is -3.60.